The molecule has 1 aliphatic rings. The van der Waals surface area contributed by atoms with Gasteiger partial charge in [-0.15, -0.1) is 0 Å². The first-order valence-electron chi connectivity index (χ1n) is 11.7. The van der Waals surface area contributed by atoms with Gasteiger partial charge in [0.1, 0.15) is 5.78 Å². The van der Waals surface area contributed by atoms with Crippen LogP contribution in [0.4, 0.5) is 0 Å². The van der Waals surface area contributed by atoms with Crippen molar-refractivity contribution in [1.82, 2.24) is 0 Å². The Bertz CT molecular complexity index is 777. The van der Waals surface area contributed by atoms with Gasteiger partial charge in [-0.05, 0) is 55.4 Å². The predicted octanol–water partition coefficient (Wildman–Crippen LogP) is 5.96. The molecule has 1 aromatic rings. The van der Waals surface area contributed by atoms with Crippen LogP contribution in [0.1, 0.15) is 59.4 Å². The number of halogens is 1. The van der Waals surface area contributed by atoms with Gasteiger partial charge >= 0.3 is 0 Å². The van der Waals surface area contributed by atoms with E-state index in [0.717, 1.165) is 42.0 Å². The Labute approximate surface area is 202 Å². The molecule has 1 heterocycles. The zero-order valence-electron chi connectivity index (χ0n) is 20.7. The maximum atomic E-state index is 12.1. The summed E-state index contributed by atoms with van der Waals surface area (Å²) in [4.78, 5) is 17.5. The Morgan fingerprint density at radius 3 is 2.44 bits per heavy atom. The SMILES string of the molecule is COCCCOc1cc(C2=NC(C(Br)CC(C(C)=O)C(C)C)CC2C(C)C)ccc1OC. The molecule has 0 aromatic heterocycles. The van der Waals surface area contributed by atoms with Gasteiger partial charge in [-0.25, -0.2) is 0 Å². The predicted molar refractivity (Wildman–Crippen MR) is 135 cm³/mol. The summed E-state index contributed by atoms with van der Waals surface area (Å²) >= 11 is 3.89. The lowest BCUT2D eigenvalue weighted by molar-refractivity contribution is -0.122. The molecule has 4 atom stereocenters. The number of hydrogen-bond acceptors (Lipinski definition) is 5. The largest absolute Gasteiger partial charge is 0.493 e. The normalized spacial score (nSPS) is 20.4. The molecule has 5 nitrogen and oxygen atoms in total. The number of carbonyl (C=O) groups excluding carboxylic acids is 1. The molecule has 0 amide bonds. The smallest absolute Gasteiger partial charge is 0.161 e. The molecule has 4 unspecified atom stereocenters. The van der Waals surface area contributed by atoms with Crippen molar-refractivity contribution >= 4 is 27.4 Å². The second-order valence-electron chi connectivity index (χ2n) is 9.44. The first kappa shape index (κ1) is 26.8. The molecule has 6 heteroatoms. The average molecular weight is 511 g/mol. The van der Waals surface area contributed by atoms with E-state index in [2.05, 4.69) is 55.8 Å². The van der Waals surface area contributed by atoms with Crippen molar-refractivity contribution in [3.8, 4) is 11.5 Å². The molecule has 1 aliphatic heterocycles. The number of ketones is 1. The Balaban J connectivity index is 2.27. The van der Waals surface area contributed by atoms with Gasteiger partial charge in [0, 0.05) is 42.5 Å². The molecule has 32 heavy (non-hydrogen) atoms. The van der Waals surface area contributed by atoms with Crippen molar-refractivity contribution in [3.63, 3.8) is 0 Å². The highest BCUT2D eigenvalue weighted by Gasteiger charge is 2.36. The van der Waals surface area contributed by atoms with Gasteiger partial charge < -0.3 is 14.2 Å². The molecule has 0 radical (unpaired) electrons. The van der Waals surface area contributed by atoms with Crippen LogP contribution < -0.4 is 9.47 Å². The summed E-state index contributed by atoms with van der Waals surface area (Å²) in [5.74, 6) is 2.95. The number of Topliss-reactive ketones (excluding diaryl/α,β-unsaturated/α-hetero) is 1. The highest BCUT2D eigenvalue weighted by molar-refractivity contribution is 9.09. The first-order chi connectivity index (χ1) is 15.2. The molecular weight excluding hydrogens is 470 g/mol. The van der Waals surface area contributed by atoms with Crippen LogP contribution in [0.3, 0.4) is 0 Å². The summed E-state index contributed by atoms with van der Waals surface area (Å²) in [5, 5.41) is 0. The van der Waals surface area contributed by atoms with Crippen molar-refractivity contribution in [2.24, 2.45) is 28.7 Å². The van der Waals surface area contributed by atoms with E-state index in [1.54, 1.807) is 21.1 Å². The third kappa shape index (κ3) is 7.05. The van der Waals surface area contributed by atoms with E-state index in [0.29, 0.717) is 31.0 Å². The molecule has 1 aromatic carbocycles. The van der Waals surface area contributed by atoms with Gasteiger partial charge in [0.05, 0.1) is 19.8 Å². The molecule has 0 aliphatic carbocycles. The Hall–Kier alpha value is -1.40. The lowest BCUT2D eigenvalue weighted by Crippen LogP contribution is -2.27. The molecule has 180 valence electrons. The van der Waals surface area contributed by atoms with Crippen molar-refractivity contribution in [2.45, 2.75) is 64.8 Å². The summed E-state index contributed by atoms with van der Waals surface area (Å²) in [6.07, 6.45) is 2.62. The van der Waals surface area contributed by atoms with Crippen LogP contribution in [-0.4, -0.2) is 49.8 Å². The number of alkyl halides is 1. The Morgan fingerprint density at radius 2 is 1.88 bits per heavy atom. The Morgan fingerprint density at radius 1 is 1.16 bits per heavy atom. The number of ether oxygens (including phenoxy) is 3. The van der Waals surface area contributed by atoms with Gasteiger partial charge in [-0.2, -0.15) is 0 Å². The fourth-order valence-electron chi connectivity index (χ4n) is 4.45. The van der Waals surface area contributed by atoms with E-state index in [-0.39, 0.29) is 22.6 Å². The summed E-state index contributed by atoms with van der Waals surface area (Å²) < 4.78 is 16.6. The van der Waals surface area contributed by atoms with Crippen LogP contribution in [0.25, 0.3) is 0 Å². The second-order valence-corrected chi connectivity index (χ2v) is 10.6. The van der Waals surface area contributed by atoms with Gasteiger partial charge in [0.15, 0.2) is 11.5 Å². The standard InChI is InChI=1S/C26H40BrNO4/c1-16(2)20(18(5)29)14-22(27)23-15-21(17(3)4)26(28-23)19-9-10-24(31-7)25(13-19)32-12-8-11-30-6/h9-10,13,16-17,20-23H,8,11-12,14-15H2,1-7H3. The van der Waals surface area contributed by atoms with Gasteiger partial charge in [-0.1, -0.05) is 43.6 Å². The van der Waals surface area contributed by atoms with Gasteiger partial charge in [0.25, 0.3) is 0 Å². The molecule has 0 spiro atoms. The molecule has 2 rings (SSSR count). The summed E-state index contributed by atoms with van der Waals surface area (Å²) in [6, 6.07) is 6.25. The number of hydrogen-bond donors (Lipinski definition) is 0. The molecule has 0 fully saturated rings. The van der Waals surface area contributed by atoms with Crippen molar-refractivity contribution in [2.75, 3.05) is 27.4 Å². The van der Waals surface area contributed by atoms with Crippen molar-refractivity contribution in [3.05, 3.63) is 23.8 Å². The topological polar surface area (TPSA) is 57.1 Å². The summed E-state index contributed by atoms with van der Waals surface area (Å²) in [6.45, 7) is 11.7. The highest BCUT2D eigenvalue weighted by atomic mass is 79.9. The fourth-order valence-corrected chi connectivity index (χ4v) is 5.18. The monoisotopic (exact) mass is 509 g/mol. The van der Waals surface area contributed by atoms with E-state index in [1.165, 1.54) is 0 Å². The summed E-state index contributed by atoms with van der Waals surface area (Å²) in [7, 11) is 3.35. The lowest BCUT2D eigenvalue weighted by Gasteiger charge is -2.24. The zero-order valence-corrected chi connectivity index (χ0v) is 22.3. The molecule has 0 bridgehead atoms. The molecule has 0 saturated heterocycles. The molecule has 0 N–H and O–H groups in total. The maximum absolute atomic E-state index is 12.1. The quantitative estimate of drug-likeness (QED) is 0.243. The first-order valence-corrected chi connectivity index (χ1v) is 12.6. The Kier molecular flexibility index (Phi) is 10.7. The second kappa shape index (κ2) is 12.7. The van der Waals surface area contributed by atoms with Gasteiger partial charge in [-0.3, -0.25) is 9.79 Å². The minimum Gasteiger partial charge on any atom is -0.493 e. The van der Waals surface area contributed by atoms with Crippen LogP contribution >= 0.6 is 15.9 Å². The van der Waals surface area contributed by atoms with Crippen LogP contribution in [0.2, 0.25) is 0 Å². The zero-order chi connectivity index (χ0) is 23.8. The number of methoxy groups -OCH3 is 2. The van der Waals surface area contributed by atoms with Crippen LogP contribution in [0.5, 0.6) is 11.5 Å². The van der Waals surface area contributed by atoms with Crippen LogP contribution in [0.15, 0.2) is 23.2 Å². The fraction of sp³-hybridized carbons (Fsp3) is 0.692. The van der Waals surface area contributed by atoms with Gasteiger partial charge in [0.2, 0.25) is 0 Å². The minimum atomic E-state index is 0.0595. The number of aliphatic imine (C=N–C) groups is 1. The van der Waals surface area contributed by atoms with E-state index in [9.17, 15) is 4.79 Å². The van der Waals surface area contributed by atoms with Crippen molar-refractivity contribution < 1.29 is 19.0 Å². The average Bonchev–Trinajstić information content (AvgIpc) is 3.20. The third-order valence-corrected chi connectivity index (χ3v) is 7.37. The number of carbonyl (C=O) groups is 1. The third-order valence-electron chi connectivity index (χ3n) is 6.39. The van der Waals surface area contributed by atoms with E-state index in [4.69, 9.17) is 19.2 Å². The maximum Gasteiger partial charge on any atom is 0.161 e. The van der Waals surface area contributed by atoms with E-state index < -0.39 is 0 Å². The lowest BCUT2D eigenvalue weighted by atomic mass is 9.83. The van der Waals surface area contributed by atoms with Crippen LogP contribution in [-0.2, 0) is 9.53 Å². The number of nitrogens with zero attached hydrogens (tertiary/aromatic N) is 1. The molecular formula is C26H40BrNO4. The minimum absolute atomic E-state index is 0.0595. The highest BCUT2D eigenvalue weighted by Crippen LogP contribution is 2.38. The van der Waals surface area contributed by atoms with E-state index >= 15 is 0 Å². The van der Waals surface area contributed by atoms with Crippen molar-refractivity contribution in [1.29, 1.82) is 0 Å². The summed E-state index contributed by atoms with van der Waals surface area (Å²) in [5.41, 5.74) is 2.21. The number of rotatable bonds is 13. The molecule has 0 saturated carbocycles. The number of benzene rings is 1. The van der Waals surface area contributed by atoms with Crippen LogP contribution in [0, 0.1) is 23.7 Å². The van der Waals surface area contributed by atoms with E-state index in [1.807, 2.05) is 6.07 Å².